The molecule has 0 aliphatic heterocycles. The first-order chi connectivity index (χ1) is 7.66. The van der Waals surface area contributed by atoms with Gasteiger partial charge in [0.25, 0.3) is 0 Å². The van der Waals surface area contributed by atoms with E-state index in [-0.39, 0.29) is 5.82 Å². The van der Waals surface area contributed by atoms with Crippen LogP contribution in [0.2, 0.25) is 0 Å². The van der Waals surface area contributed by atoms with Gasteiger partial charge in [-0.1, -0.05) is 11.8 Å². The molecule has 5 heteroatoms. The van der Waals surface area contributed by atoms with Crippen molar-refractivity contribution < 1.29 is 4.39 Å². The zero-order chi connectivity index (χ0) is 11.5. The highest BCUT2D eigenvalue weighted by atomic mass is 79.9. The van der Waals surface area contributed by atoms with Crippen LogP contribution in [0.4, 0.5) is 10.1 Å². The van der Waals surface area contributed by atoms with Crippen molar-refractivity contribution in [3.63, 3.8) is 0 Å². The molecule has 2 nitrogen and oxygen atoms in total. The predicted molar refractivity (Wildman–Crippen MR) is 66.9 cm³/mol. The fourth-order valence-electron chi connectivity index (χ4n) is 1.15. The summed E-state index contributed by atoms with van der Waals surface area (Å²) in [6.07, 6.45) is 1.68. The lowest BCUT2D eigenvalue weighted by atomic mass is 10.3. The van der Waals surface area contributed by atoms with Gasteiger partial charge in [0, 0.05) is 16.8 Å². The highest BCUT2D eigenvalue weighted by Gasteiger charge is 2.07. The van der Waals surface area contributed by atoms with Crippen molar-refractivity contribution in [3.05, 3.63) is 46.8 Å². The van der Waals surface area contributed by atoms with E-state index in [1.807, 2.05) is 12.1 Å². The van der Waals surface area contributed by atoms with Crippen molar-refractivity contribution in [1.29, 1.82) is 0 Å². The summed E-state index contributed by atoms with van der Waals surface area (Å²) < 4.78 is 13.9. The number of rotatable bonds is 2. The number of nitrogens with zero attached hydrogens (tertiary/aromatic N) is 1. The van der Waals surface area contributed by atoms with Gasteiger partial charge in [0.1, 0.15) is 10.8 Å². The third-order valence-corrected chi connectivity index (χ3v) is 3.90. The van der Waals surface area contributed by atoms with E-state index in [0.29, 0.717) is 10.6 Å². The molecule has 2 aromatic rings. The Kier molecular flexibility index (Phi) is 3.46. The molecule has 16 heavy (non-hydrogen) atoms. The van der Waals surface area contributed by atoms with E-state index in [2.05, 4.69) is 20.9 Å². The van der Waals surface area contributed by atoms with Gasteiger partial charge in [-0.3, -0.25) is 0 Å². The molecule has 0 spiro atoms. The van der Waals surface area contributed by atoms with E-state index < -0.39 is 0 Å². The van der Waals surface area contributed by atoms with Gasteiger partial charge in [0.15, 0.2) is 0 Å². The maximum absolute atomic E-state index is 13.0. The van der Waals surface area contributed by atoms with Crippen LogP contribution in [0.3, 0.4) is 0 Å². The predicted octanol–water partition coefficient (Wildman–Crippen LogP) is 3.72. The maximum atomic E-state index is 13.0. The molecule has 0 radical (unpaired) electrons. The van der Waals surface area contributed by atoms with E-state index in [4.69, 9.17) is 5.73 Å². The Morgan fingerprint density at radius 2 is 2.12 bits per heavy atom. The second kappa shape index (κ2) is 4.84. The van der Waals surface area contributed by atoms with Gasteiger partial charge >= 0.3 is 0 Å². The summed E-state index contributed by atoms with van der Waals surface area (Å²) in [5.74, 6) is -0.302. The van der Waals surface area contributed by atoms with Gasteiger partial charge in [-0.15, -0.1) is 0 Å². The Morgan fingerprint density at radius 3 is 2.88 bits per heavy atom. The maximum Gasteiger partial charge on any atom is 0.124 e. The molecule has 0 saturated carbocycles. The number of aromatic nitrogens is 1. The van der Waals surface area contributed by atoms with Crippen LogP contribution in [-0.2, 0) is 0 Å². The average Bonchev–Trinajstić information content (AvgIpc) is 2.27. The second-order valence-electron chi connectivity index (χ2n) is 3.07. The molecule has 0 aliphatic rings. The molecular formula is C11H8BrFN2S. The van der Waals surface area contributed by atoms with E-state index >= 15 is 0 Å². The minimum atomic E-state index is -0.302. The van der Waals surface area contributed by atoms with Crippen LogP contribution in [0.15, 0.2) is 50.9 Å². The van der Waals surface area contributed by atoms with E-state index in [0.717, 1.165) is 9.50 Å². The molecule has 0 fully saturated rings. The van der Waals surface area contributed by atoms with Crippen LogP contribution in [-0.4, -0.2) is 4.98 Å². The van der Waals surface area contributed by atoms with Crippen molar-refractivity contribution in [2.75, 3.05) is 5.73 Å². The van der Waals surface area contributed by atoms with Crippen molar-refractivity contribution in [3.8, 4) is 0 Å². The molecule has 0 saturated heterocycles. The average molecular weight is 299 g/mol. The Hall–Kier alpha value is -1.07. The lowest BCUT2D eigenvalue weighted by Crippen LogP contribution is -1.90. The first kappa shape index (κ1) is 11.4. The SMILES string of the molecule is Nc1ccc(F)cc1Sc1ncccc1Br. The summed E-state index contributed by atoms with van der Waals surface area (Å²) in [6, 6.07) is 8.00. The summed E-state index contributed by atoms with van der Waals surface area (Å²) in [5.41, 5.74) is 6.30. The van der Waals surface area contributed by atoms with Crippen molar-refractivity contribution in [1.82, 2.24) is 4.98 Å². The molecule has 2 N–H and O–H groups in total. The number of nitrogen functional groups attached to an aromatic ring is 1. The normalized spacial score (nSPS) is 10.4. The Bertz CT molecular complexity index is 519. The van der Waals surface area contributed by atoms with Gasteiger partial charge in [-0.05, 0) is 46.3 Å². The number of hydrogen-bond acceptors (Lipinski definition) is 3. The second-order valence-corrected chi connectivity index (χ2v) is 4.96. The van der Waals surface area contributed by atoms with Gasteiger partial charge < -0.3 is 5.73 Å². The summed E-state index contributed by atoms with van der Waals surface area (Å²) in [5, 5.41) is 0.764. The highest BCUT2D eigenvalue weighted by molar-refractivity contribution is 9.10. The molecule has 0 atom stereocenters. The van der Waals surface area contributed by atoms with Crippen molar-refractivity contribution in [2.24, 2.45) is 0 Å². The Balaban J connectivity index is 2.34. The van der Waals surface area contributed by atoms with E-state index in [9.17, 15) is 4.39 Å². The summed E-state index contributed by atoms with van der Waals surface area (Å²) in [7, 11) is 0. The first-order valence-corrected chi connectivity index (χ1v) is 6.11. The molecule has 2 rings (SSSR count). The minimum Gasteiger partial charge on any atom is -0.398 e. The number of nitrogens with two attached hydrogens (primary N) is 1. The number of anilines is 1. The smallest absolute Gasteiger partial charge is 0.124 e. The van der Waals surface area contributed by atoms with Crippen LogP contribution >= 0.6 is 27.7 Å². The van der Waals surface area contributed by atoms with Gasteiger partial charge in [0.2, 0.25) is 0 Å². The standard InChI is InChI=1S/C11H8BrFN2S/c12-8-2-1-5-15-11(8)16-10-6-7(13)3-4-9(10)14/h1-6H,14H2. The fraction of sp³-hybridized carbons (Fsp3) is 0. The summed E-state index contributed by atoms with van der Waals surface area (Å²) in [4.78, 5) is 4.85. The van der Waals surface area contributed by atoms with Crippen molar-refractivity contribution >= 4 is 33.4 Å². The fourth-order valence-corrected chi connectivity index (χ4v) is 2.49. The summed E-state index contributed by atoms with van der Waals surface area (Å²) in [6.45, 7) is 0. The van der Waals surface area contributed by atoms with Crippen LogP contribution in [0, 0.1) is 5.82 Å². The third kappa shape index (κ3) is 2.54. The zero-order valence-electron chi connectivity index (χ0n) is 8.15. The lowest BCUT2D eigenvalue weighted by molar-refractivity contribution is 0.624. The minimum absolute atomic E-state index is 0.302. The molecule has 1 aromatic heterocycles. The molecule has 1 aromatic carbocycles. The van der Waals surface area contributed by atoms with Gasteiger partial charge in [-0.2, -0.15) is 0 Å². The van der Waals surface area contributed by atoms with Crippen LogP contribution in [0.25, 0.3) is 0 Å². The molecule has 0 unspecified atom stereocenters. The van der Waals surface area contributed by atoms with Crippen LogP contribution in [0.1, 0.15) is 0 Å². The Morgan fingerprint density at radius 1 is 1.31 bits per heavy atom. The topological polar surface area (TPSA) is 38.9 Å². The van der Waals surface area contributed by atoms with E-state index in [1.165, 1.54) is 23.9 Å². The molecular weight excluding hydrogens is 291 g/mol. The Labute approximate surface area is 105 Å². The van der Waals surface area contributed by atoms with E-state index in [1.54, 1.807) is 12.3 Å². The van der Waals surface area contributed by atoms with Crippen molar-refractivity contribution in [2.45, 2.75) is 9.92 Å². The molecule has 1 heterocycles. The van der Waals surface area contributed by atoms with Gasteiger partial charge in [-0.25, -0.2) is 9.37 Å². The van der Waals surface area contributed by atoms with Crippen LogP contribution < -0.4 is 5.73 Å². The number of halogens is 2. The molecule has 0 amide bonds. The monoisotopic (exact) mass is 298 g/mol. The number of pyridine rings is 1. The quantitative estimate of drug-likeness (QED) is 0.859. The number of hydrogen-bond donors (Lipinski definition) is 1. The highest BCUT2D eigenvalue weighted by Crippen LogP contribution is 2.34. The van der Waals surface area contributed by atoms with Crippen LogP contribution in [0.5, 0.6) is 0 Å². The first-order valence-electron chi connectivity index (χ1n) is 4.50. The number of benzene rings is 1. The van der Waals surface area contributed by atoms with Gasteiger partial charge in [0.05, 0.1) is 4.47 Å². The largest absolute Gasteiger partial charge is 0.398 e. The summed E-state index contributed by atoms with van der Waals surface area (Å²) >= 11 is 4.71. The third-order valence-electron chi connectivity index (χ3n) is 1.91. The molecule has 82 valence electrons. The molecule has 0 aliphatic carbocycles. The molecule has 0 bridgehead atoms. The zero-order valence-corrected chi connectivity index (χ0v) is 10.6. The lowest BCUT2D eigenvalue weighted by Gasteiger charge is -2.05.